The summed E-state index contributed by atoms with van der Waals surface area (Å²) in [5, 5.41) is 13.1. The molecule has 5 heteroatoms. The molecular weight excluding hydrogens is 402 g/mol. The standard InChI is InChI=1S/C27H29NO4/c1-3-24(21-9-14-25-26(17-21)32-18-31-25)27(19-5-10-22(29)11-6-19)20-7-12-23(13-8-20)30-16-15-28-4-2/h5-14,17,28-29H,3-4,15-16,18H2,1-2H3. The second-order valence-corrected chi connectivity index (χ2v) is 7.55. The number of rotatable bonds is 9. The summed E-state index contributed by atoms with van der Waals surface area (Å²) in [6, 6.07) is 21.6. The molecule has 0 bridgehead atoms. The molecule has 0 saturated heterocycles. The maximum atomic E-state index is 9.82. The number of hydrogen-bond donors (Lipinski definition) is 2. The molecule has 0 saturated carbocycles. The van der Waals surface area contributed by atoms with Gasteiger partial charge in [0.15, 0.2) is 11.5 Å². The predicted octanol–water partition coefficient (Wildman–Crippen LogP) is 5.48. The van der Waals surface area contributed by atoms with Crippen molar-refractivity contribution in [3.63, 3.8) is 0 Å². The van der Waals surface area contributed by atoms with Gasteiger partial charge in [0.25, 0.3) is 0 Å². The normalized spacial score (nSPS) is 13.1. The molecule has 4 rings (SSSR count). The zero-order valence-electron chi connectivity index (χ0n) is 18.6. The van der Waals surface area contributed by atoms with Crippen molar-refractivity contribution < 1.29 is 19.3 Å². The Morgan fingerprint density at radius 2 is 1.53 bits per heavy atom. The molecule has 0 atom stereocenters. The van der Waals surface area contributed by atoms with Crippen LogP contribution in [-0.2, 0) is 0 Å². The predicted molar refractivity (Wildman–Crippen MR) is 127 cm³/mol. The van der Waals surface area contributed by atoms with E-state index in [1.807, 2.05) is 36.4 Å². The number of ether oxygens (including phenoxy) is 3. The molecule has 0 unspecified atom stereocenters. The van der Waals surface area contributed by atoms with E-state index < -0.39 is 0 Å². The highest BCUT2D eigenvalue weighted by molar-refractivity contribution is 5.99. The summed E-state index contributed by atoms with van der Waals surface area (Å²) in [7, 11) is 0. The van der Waals surface area contributed by atoms with E-state index in [1.165, 1.54) is 5.57 Å². The van der Waals surface area contributed by atoms with Crippen molar-refractivity contribution in [2.24, 2.45) is 0 Å². The van der Waals surface area contributed by atoms with Crippen molar-refractivity contribution in [3.05, 3.63) is 83.4 Å². The van der Waals surface area contributed by atoms with Crippen molar-refractivity contribution in [2.75, 3.05) is 26.5 Å². The summed E-state index contributed by atoms with van der Waals surface area (Å²) in [4.78, 5) is 0. The van der Waals surface area contributed by atoms with Gasteiger partial charge in [0.2, 0.25) is 6.79 Å². The number of phenolic OH excluding ortho intramolecular Hbond substituents is 1. The Labute approximate surface area is 189 Å². The van der Waals surface area contributed by atoms with Crippen LogP contribution in [0.2, 0.25) is 0 Å². The third-order valence-electron chi connectivity index (χ3n) is 5.47. The summed E-state index contributed by atoms with van der Waals surface area (Å²) >= 11 is 0. The fourth-order valence-electron chi connectivity index (χ4n) is 3.89. The summed E-state index contributed by atoms with van der Waals surface area (Å²) in [5.74, 6) is 2.63. The zero-order valence-corrected chi connectivity index (χ0v) is 18.6. The lowest BCUT2D eigenvalue weighted by Gasteiger charge is -2.17. The van der Waals surface area contributed by atoms with Gasteiger partial charge in [-0.1, -0.05) is 44.2 Å². The Bertz CT molecular complexity index is 1070. The highest BCUT2D eigenvalue weighted by atomic mass is 16.7. The lowest BCUT2D eigenvalue weighted by molar-refractivity contribution is 0.174. The van der Waals surface area contributed by atoms with Crippen LogP contribution in [0.1, 0.15) is 37.0 Å². The van der Waals surface area contributed by atoms with Crippen LogP contribution in [0, 0.1) is 0 Å². The lowest BCUT2D eigenvalue weighted by atomic mass is 9.88. The molecule has 0 radical (unpaired) electrons. The van der Waals surface area contributed by atoms with Crippen LogP contribution < -0.4 is 19.5 Å². The fraction of sp³-hybridized carbons (Fsp3) is 0.259. The van der Waals surface area contributed by atoms with Gasteiger partial charge in [-0.05, 0) is 77.2 Å². The second kappa shape index (κ2) is 10.2. The van der Waals surface area contributed by atoms with E-state index in [0.717, 1.165) is 59.0 Å². The van der Waals surface area contributed by atoms with Crippen LogP contribution in [0.5, 0.6) is 23.0 Å². The van der Waals surface area contributed by atoms with E-state index in [1.54, 1.807) is 12.1 Å². The third-order valence-corrected chi connectivity index (χ3v) is 5.47. The number of likely N-dealkylation sites (N-methyl/N-ethyl adjacent to an activating group) is 1. The Morgan fingerprint density at radius 3 is 2.22 bits per heavy atom. The first-order chi connectivity index (χ1) is 15.7. The van der Waals surface area contributed by atoms with Crippen LogP contribution in [0.4, 0.5) is 0 Å². The first-order valence-electron chi connectivity index (χ1n) is 11.1. The Balaban J connectivity index is 1.74. The van der Waals surface area contributed by atoms with Crippen LogP contribution in [0.25, 0.3) is 11.1 Å². The molecule has 1 heterocycles. The molecule has 166 valence electrons. The minimum atomic E-state index is 0.249. The van der Waals surface area contributed by atoms with Gasteiger partial charge in [-0.25, -0.2) is 0 Å². The SMILES string of the molecule is CCNCCOc1ccc(C(=C(CC)c2ccc3c(c2)OCO3)c2ccc(O)cc2)cc1. The van der Waals surface area contributed by atoms with E-state index >= 15 is 0 Å². The molecule has 32 heavy (non-hydrogen) atoms. The Morgan fingerprint density at radius 1 is 0.875 bits per heavy atom. The topological polar surface area (TPSA) is 60.0 Å². The van der Waals surface area contributed by atoms with Gasteiger partial charge >= 0.3 is 0 Å². The van der Waals surface area contributed by atoms with Gasteiger partial charge in [0.05, 0.1) is 0 Å². The maximum Gasteiger partial charge on any atom is 0.231 e. The van der Waals surface area contributed by atoms with Gasteiger partial charge in [0.1, 0.15) is 18.1 Å². The highest BCUT2D eigenvalue weighted by Gasteiger charge is 2.18. The zero-order chi connectivity index (χ0) is 22.3. The minimum Gasteiger partial charge on any atom is -0.508 e. The highest BCUT2D eigenvalue weighted by Crippen LogP contribution is 2.40. The number of fused-ring (bicyclic) bond motifs is 1. The van der Waals surface area contributed by atoms with Gasteiger partial charge in [-0.3, -0.25) is 0 Å². The van der Waals surface area contributed by atoms with E-state index in [4.69, 9.17) is 14.2 Å². The molecule has 0 fully saturated rings. The first-order valence-corrected chi connectivity index (χ1v) is 11.1. The molecule has 3 aromatic rings. The summed E-state index contributed by atoms with van der Waals surface area (Å²) in [5.41, 5.74) is 5.52. The van der Waals surface area contributed by atoms with E-state index in [-0.39, 0.29) is 12.5 Å². The van der Waals surface area contributed by atoms with Gasteiger partial charge in [0, 0.05) is 6.54 Å². The van der Waals surface area contributed by atoms with Crippen LogP contribution in [0.3, 0.4) is 0 Å². The quantitative estimate of drug-likeness (QED) is 0.347. The number of phenols is 1. The summed E-state index contributed by atoms with van der Waals surface area (Å²) in [6.07, 6.45) is 0.830. The van der Waals surface area contributed by atoms with Crippen molar-refractivity contribution >= 4 is 11.1 Å². The summed E-state index contributed by atoms with van der Waals surface area (Å²) in [6.45, 7) is 6.87. The average Bonchev–Trinajstić information content (AvgIpc) is 3.30. The maximum absolute atomic E-state index is 9.82. The number of hydrogen-bond acceptors (Lipinski definition) is 5. The van der Waals surface area contributed by atoms with E-state index in [9.17, 15) is 5.11 Å². The second-order valence-electron chi connectivity index (χ2n) is 7.55. The van der Waals surface area contributed by atoms with Crippen LogP contribution in [-0.4, -0.2) is 31.6 Å². The van der Waals surface area contributed by atoms with E-state index in [2.05, 4.69) is 37.4 Å². The molecule has 5 nitrogen and oxygen atoms in total. The number of nitrogens with one attached hydrogen (secondary N) is 1. The van der Waals surface area contributed by atoms with Crippen molar-refractivity contribution in [3.8, 4) is 23.0 Å². The Hall–Kier alpha value is -3.44. The van der Waals surface area contributed by atoms with E-state index in [0.29, 0.717) is 6.61 Å². The lowest BCUT2D eigenvalue weighted by Crippen LogP contribution is -2.20. The number of aromatic hydroxyl groups is 1. The molecule has 1 aliphatic heterocycles. The number of benzene rings is 3. The largest absolute Gasteiger partial charge is 0.508 e. The molecular formula is C27H29NO4. The molecule has 3 aromatic carbocycles. The minimum absolute atomic E-state index is 0.249. The van der Waals surface area contributed by atoms with Crippen molar-refractivity contribution in [1.29, 1.82) is 0 Å². The summed E-state index contributed by atoms with van der Waals surface area (Å²) < 4.78 is 16.9. The Kier molecular flexibility index (Phi) is 6.97. The van der Waals surface area contributed by atoms with Crippen LogP contribution in [0.15, 0.2) is 66.7 Å². The molecule has 0 amide bonds. The average molecular weight is 432 g/mol. The molecule has 0 spiro atoms. The van der Waals surface area contributed by atoms with Crippen molar-refractivity contribution in [1.82, 2.24) is 5.32 Å². The molecule has 2 N–H and O–H groups in total. The number of allylic oxidation sites excluding steroid dienone is 1. The monoisotopic (exact) mass is 431 g/mol. The fourth-order valence-corrected chi connectivity index (χ4v) is 3.89. The first kappa shape index (κ1) is 21.8. The molecule has 1 aliphatic rings. The van der Waals surface area contributed by atoms with Gasteiger partial charge < -0.3 is 24.6 Å². The van der Waals surface area contributed by atoms with Crippen LogP contribution >= 0.6 is 0 Å². The van der Waals surface area contributed by atoms with Crippen molar-refractivity contribution in [2.45, 2.75) is 20.3 Å². The smallest absolute Gasteiger partial charge is 0.231 e. The van der Waals surface area contributed by atoms with Gasteiger partial charge in [-0.15, -0.1) is 0 Å². The third kappa shape index (κ3) is 4.89. The molecule has 0 aromatic heterocycles. The van der Waals surface area contributed by atoms with Gasteiger partial charge in [-0.2, -0.15) is 0 Å². The molecule has 0 aliphatic carbocycles.